The summed E-state index contributed by atoms with van der Waals surface area (Å²) in [5.41, 5.74) is 4.13. The van der Waals surface area contributed by atoms with Crippen molar-refractivity contribution in [2.24, 2.45) is 5.92 Å². The molecule has 2 aromatic rings. The van der Waals surface area contributed by atoms with Gasteiger partial charge in [-0.2, -0.15) is 0 Å². The van der Waals surface area contributed by atoms with E-state index in [1.54, 1.807) is 6.20 Å². The minimum absolute atomic E-state index is 0.0142. The van der Waals surface area contributed by atoms with Crippen molar-refractivity contribution in [3.05, 3.63) is 59.4 Å². The van der Waals surface area contributed by atoms with Crippen LogP contribution in [-0.2, 0) is 6.42 Å². The summed E-state index contributed by atoms with van der Waals surface area (Å²) in [7, 11) is 0. The van der Waals surface area contributed by atoms with E-state index < -0.39 is 0 Å². The maximum atomic E-state index is 12.4. The number of rotatable bonds is 7. The summed E-state index contributed by atoms with van der Waals surface area (Å²) in [5, 5.41) is 9.69. The van der Waals surface area contributed by atoms with E-state index in [9.17, 15) is 4.79 Å². The average molecular weight is 338 g/mol. The monoisotopic (exact) mass is 338 g/mol. The second kappa shape index (κ2) is 8.62. The number of carbonyl (C=O) groups is 1. The molecule has 2 heterocycles. The van der Waals surface area contributed by atoms with Gasteiger partial charge in [0.25, 0.3) is 5.91 Å². The highest BCUT2D eigenvalue weighted by Crippen LogP contribution is 2.16. The molecule has 1 amide bonds. The number of nitrogens with one attached hydrogen (secondary N) is 3. The van der Waals surface area contributed by atoms with Crippen molar-refractivity contribution < 1.29 is 4.79 Å². The number of aryl methyl sites for hydroxylation is 1. The molecule has 1 saturated heterocycles. The van der Waals surface area contributed by atoms with Crippen LogP contribution in [0.1, 0.15) is 27.9 Å². The second-order valence-electron chi connectivity index (χ2n) is 6.64. The summed E-state index contributed by atoms with van der Waals surface area (Å²) in [6, 6.07) is 9.94. The van der Waals surface area contributed by atoms with E-state index in [-0.39, 0.29) is 5.91 Å². The van der Waals surface area contributed by atoms with Crippen LogP contribution in [0, 0.1) is 12.8 Å². The van der Waals surface area contributed by atoms with Gasteiger partial charge >= 0.3 is 0 Å². The van der Waals surface area contributed by atoms with Crippen molar-refractivity contribution >= 4 is 11.6 Å². The van der Waals surface area contributed by atoms with Gasteiger partial charge in [-0.05, 0) is 68.1 Å². The molecule has 3 rings (SSSR count). The molecule has 1 fully saturated rings. The molecule has 25 heavy (non-hydrogen) atoms. The SMILES string of the molecule is Cc1cnccc1NCCNC(=O)c1cccc(CC2CCNC2)c1. The fourth-order valence-corrected chi connectivity index (χ4v) is 3.21. The smallest absolute Gasteiger partial charge is 0.251 e. The molecule has 132 valence electrons. The molecule has 0 aliphatic carbocycles. The van der Waals surface area contributed by atoms with E-state index in [4.69, 9.17) is 0 Å². The lowest BCUT2D eigenvalue weighted by molar-refractivity contribution is 0.0955. The van der Waals surface area contributed by atoms with Crippen molar-refractivity contribution in [3.63, 3.8) is 0 Å². The van der Waals surface area contributed by atoms with Gasteiger partial charge in [0, 0.05) is 36.7 Å². The third-order valence-electron chi connectivity index (χ3n) is 4.62. The Balaban J connectivity index is 1.47. The van der Waals surface area contributed by atoms with Crippen molar-refractivity contribution in [2.75, 3.05) is 31.5 Å². The number of pyridine rings is 1. The van der Waals surface area contributed by atoms with Gasteiger partial charge in [0.05, 0.1) is 0 Å². The van der Waals surface area contributed by atoms with E-state index in [2.05, 4.69) is 27.0 Å². The molecule has 1 aromatic heterocycles. The Morgan fingerprint density at radius 3 is 3.04 bits per heavy atom. The molecule has 3 N–H and O–H groups in total. The Morgan fingerprint density at radius 1 is 1.32 bits per heavy atom. The molecule has 0 bridgehead atoms. The highest BCUT2D eigenvalue weighted by Gasteiger charge is 2.15. The number of amides is 1. The number of carbonyl (C=O) groups excluding carboxylic acids is 1. The lowest BCUT2D eigenvalue weighted by Crippen LogP contribution is -2.29. The van der Waals surface area contributed by atoms with Gasteiger partial charge in [-0.25, -0.2) is 0 Å². The maximum absolute atomic E-state index is 12.4. The zero-order valence-corrected chi connectivity index (χ0v) is 14.7. The quantitative estimate of drug-likeness (QED) is 0.678. The van der Waals surface area contributed by atoms with Crippen LogP contribution in [0.5, 0.6) is 0 Å². The van der Waals surface area contributed by atoms with Crippen molar-refractivity contribution in [1.29, 1.82) is 0 Å². The fraction of sp³-hybridized carbons (Fsp3) is 0.400. The van der Waals surface area contributed by atoms with E-state index in [1.165, 1.54) is 12.0 Å². The molecule has 0 saturated carbocycles. The first-order chi connectivity index (χ1) is 12.2. The van der Waals surface area contributed by atoms with Gasteiger partial charge < -0.3 is 16.0 Å². The normalized spacial score (nSPS) is 16.6. The van der Waals surface area contributed by atoms with Crippen LogP contribution in [0.2, 0.25) is 0 Å². The van der Waals surface area contributed by atoms with Crippen molar-refractivity contribution in [3.8, 4) is 0 Å². The number of hydrogen-bond donors (Lipinski definition) is 3. The molecule has 5 heteroatoms. The summed E-state index contributed by atoms with van der Waals surface area (Å²) < 4.78 is 0. The van der Waals surface area contributed by atoms with Gasteiger partial charge in [0.2, 0.25) is 0 Å². The summed E-state index contributed by atoms with van der Waals surface area (Å²) >= 11 is 0. The zero-order valence-electron chi connectivity index (χ0n) is 14.7. The van der Waals surface area contributed by atoms with Gasteiger partial charge in [-0.3, -0.25) is 9.78 Å². The first-order valence-corrected chi connectivity index (χ1v) is 8.95. The highest BCUT2D eigenvalue weighted by atomic mass is 16.1. The predicted molar refractivity (Wildman–Crippen MR) is 101 cm³/mol. The van der Waals surface area contributed by atoms with E-state index in [1.807, 2.05) is 37.4 Å². The van der Waals surface area contributed by atoms with Gasteiger partial charge in [0.15, 0.2) is 0 Å². The molecule has 1 atom stereocenters. The minimum Gasteiger partial charge on any atom is -0.383 e. The van der Waals surface area contributed by atoms with Gasteiger partial charge in [-0.15, -0.1) is 0 Å². The van der Waals surface area contributed by atoms with E-state index in [0.29, 0.717) is 19.0 Å². The number of anilines is 1. The minimum atomic E-state index is -0.0142. The second-order valence-corrected chi connectivity index (χ2v) is 6.64. The summed E-state index contributed by atoms with van der Waals surface area (Å²) in [5.74, 6) is 0.672. The molecule has 1 unspecified atom stereocenters. The zero-order chi connectivity index (χ0) is 17.5. The summed E-state index contributed by atoms with van der Waals surface area (Å²) in [6.07, 6.45) is 5.85. The third kappa shape index (κ3) is 5.03. The van der Waals surface area contributed by atoms with Crippen LogP contribution in [0.4, 0.5) is 5.69 Å². The average Bonchev–Trinajstić information content (AvgIpc) is 3.13. The van der Waals surface area contributed by atoms with Crippen LogP contribution in [0.15, 0.2) is 42.7 Å². The maximum Gasteiger partial charge on any atom is 0.251 e. The standard InChI is InChI=1S/C20H26N4O/c1-15-13-21-8-6-19(15)23-9-10-24-20(25)18-4-2-3-16(12-18)11-17-5-7-22-14-17/h2-4,6,8,12-13,17,22H,5,7,9-11,14H2,1H3,(H,21,23)(H,24,25). The Kier molecular flexibility index (Phi) is 6.01. The molecule has 1 aromatic carbocycles. The largest absolute Gasteiger partial charge is 0.383 e. The molecule has 0 radical (unpaired) electrons. The number of aromatic nitrogens is 1. The number of benzene rings is 1. The highest BCUT2D eigenvalue weighted by molar-refractivity contribution is 5.94. The van der Waals surface area contributed by atoms with Crippen molar-refractivity contribution in [1.82, 2.24) is 15.6 Å². The van der Waals surface area contributed by atoms with Crippen LogP contribution >= 0.6 is 0 Å². The number of nitrogens with zero attached hydrogens (tertiary/aromatic N) is 1. The lowest BCUT2D eigenvalue weighted by atomic mass is 9.97. The Morgan fingerprint density at radius 2 is 2.24 bits per heavy atom. The van der Waals surface area contributed by atoms with Gasteiger partial charge in [0.1, 0.15) is 0 Å². The fourth-order valence-electron chi connectivity index (χ4n) is 3.21. The Bertz CT molecular complexity index is 710. The van der Waals surface area contributed by atoms with E-state index >= 15 is 0 Å². The Hall–Kier alpha value is -2.40. The molecule has 0 spiro atoms. The van der Waals surface area contributed by atoms with Crippen LogP contribution in [0.3, 0.4) is 0 Å². The summed E-state index contributed by atoms with van der Waals surface area (Å²) in [4.78, 5) is 16.4. The van der Waals surface area contributed by atoms with Gasteiger partial charge in [-0.1, -0.05) is 12.1 Å². The molecule has 1 aliphatic rings. The third-order valence-corrected chi connectivity index (χ3v) is 4.62. The van der Waals surface area contributed by atoms with Crippen LogP contribution < -0.4 is 16.0 Å². The lowest BCUT2D eigenvalue weighted by Gasteiger charge is -2.11. The first-order valence-electron chi connectivity index (χ1n) is 8.95. The Labute approximate surface area is 149 Å². The molecular formula is C20H26N4O. The van der Waals surface area contributed by atoms with E-state index in [0.717, 1.165) is 36.3 Å². The van der Waals surface area contributed by atoms with Crippen LogP contribution in [-0.4, -0.2) is 37.1 Å². The van der Waals surface area contributed by atoms with Crippen molar-refractivity contribution in [2.45, 2.75) is 19.8 Å². The summed E-state index contributed by atoms with van der Waals surface area (Å²) in [6.45, 7) is 5.46. The first kappa shape index (κ1) is 17.4. The molecular weight excluding hydrogens is 312 g/mol. The molecule has 1 aliphatic heterocycles. The molecule has 5 nitrogen and oxygen atoms in total. The number of hydrogen-bond acceptors (Lipinski definition) is 4. The van der Waals surface area contributed by atoms with Crippen LogP contribution in [0.25, 0.3) is 0 Å². The topological polar surface area (TPSA) is 66.0 Å². The predicted octanol–water partition coefficient (Wildman–Crippen LogP) is 2.38.